The van der Waals surface area contributed by atoms with Crippen LogP contribution in [-0.2, 0) is 6.54 Å². The number of anilines is 1. The van der Waals surface area contributed by atoms with E-state index in [2.05, 4.69) is 25.7 Å². The summed E-state index contributed by atoms with van der Waals surface area (Å²) in [6, 6.07) is 9.36. The van der Waals surface area contributed by atoms with Crippen molar-refractivity contribution in [2.24, 2.45) is 0 Å². The lowest BCUT2D eigenvalue weighted by atomic mass is 10.3. The minimum absolute atomic E-state index is 0.472. The molecule has 3 aromatic rings. The number of nitrogens with zero attached hydrogens (tertiary/aromatic N) is 4. The van der Waals surface area contributed by atoms with E-state index < -0.39 is 0 Å². The molecule has 0 saturated heterocycles. The first-order chi connectivity index (χ1) is 8.42. The van der Waals surface area contributed by atoms with Gasteiger partial charge >= 0.3 is 0 Å². The zero-order valence-electron chi connectivity index (χ0n) is 8.87. The Morgan fingerprint density at radius 3 is 2.76 bits per heavy atom. The minimum atomic E-state index is 0.472. The predicted molar refractivity (Wildman–Crippen MR) is 61.2 cm³/mol. The van der Waals surface area contributed by atoms with E-state index in [1.807, 2.05) is 24.3 Å². The molecule has 0 saturated carbocycles. The molecule has 0 aliphatic rings. The van der Waals surface area contributed by atoms with Gasteiger partial charge in [0.25, 0.3) is 0 Å². The quantitative estimate of drug-likeness (QED) is 0.732. The Bertz CT molecular complexity index is 623. The van der Waals surface area contributed by atoms with Gasteiger partial charge in [-0.2, -0.15) is 0 Å². The first-order valence-corrected chi connectivity index (χ1v) is 5.15. The first kappa shape index (κ1) is 9.71. The van der Waals surface area contributed by atoms with E-state index in [9.17, 15) is 0 Å². The van der Waals surface area contributed by atoms with Gasteiger partial charge in [0.15, 0.2) is 5.76 Å². The van der Waals surface area contributed by atoms with Crippen LogP contribution in [0, 0.1) is 0 Å². The second-order valence-corrected chi connectivity index (χ2v) is 3.46. The van der Waals surface area contributed by atoms with E-state index in [0.717, 1.165) is 16.8 Å². The largest absolute Gasteiger partial charge is 0.360 e. The maximum Gasteiger partial charge on any atom is 0.243 e. The van der Waals surface area contributed by atoms with Crippen molar-refractivity contribution in [3.05, 3.63) is 42.3 Å². The van der Waals surface area contributed by atoms with Crippen molar-refractivity contribution in [1.29, 1.82) is 0 Å². The van der Waals surface area contributed by atoms with Crippen molar-refractivity contribution in [3.8, 4) is 0 Å². The highest BCUT2D eigenvalue weighted by molar-refractivity contribution is 5.73. The second kappa shape index (κ2) is 4.17. The van der Waals surface area contributed by atoms with Crippen molar-refractivity contribution in [1.82, 2.24) is 20.3 Å². The molecule has 0 radical (unpaired) electrons. The molecule has 3 rings (SSSR count). The zero-order valence-corrected chi connectivity index (χ0v) is 8.87. The fraction of sp³-hybridized carbons (Fsp3) is 0.0909. The van der Waals surface area contributed by atoms with Crippen LogP contribution in [0.3, 0.4) is 0 Å². The fourth-order valence-electron chi connectivity index (χ4n) is 1.46. The third-order valence-corrected chi connectivity index (χ3v) is 2.27. The molecule has 0 amide bonds. The van der Waals surface area contributed by atoms with Gasteiger partial charge in [-0.3, -0.25) is 0 Å². The Balaban J connectivity index is 1.81. The summed E-state index contributed by atoms with van der Waals surface area (Å²) >= 11 is 0. The molecule has 0 aliphatic heterocycles. The maximum absolute atomic E-state index is 4.95. The molecule has 2 heterocycles. The van der Waals surface area contributed by atoms with Crippen LogP contribution in [0.15, 0.2) is 41.1 Å². The van der Waals surface area contributed by atoms with Crippen molar-refractivity contribution < 1.29 is 4.52 Å². The molecule has 0 spiro atoms. The lowest BCUT2D eigenvalue weighted by Crippen LogP contribution is -2.04. The van der Waals surface area contributed by atoms with Crippen LogP contribution in [0.5, 0.6) is 0 Å². The monoisotopic (exact) mass is 227 g/mol. The standard InChI is InChI=1S/C11H9N5O/c1-2-4-10-9(3-1)14-11(16-15-10)12-7-8-5-6-13-17-8/h1-6H,7H2,(H,12,14,16). The number of hydrogen-bond acceptors (Lipinski definition) is 6. The van der Waals surface area contributed by atoms with E-state index in [-0.39, 0.29) is 0 Å². The zero-order chi connectivity index (χ0) is 11.5. The third-order valence-electron chi connectivity index (χ3n) is 2.27. The number of nitrogens with one attached hydrogen (secondary N) is 1. The van der Waals surface area contributed by atoms with Gasteiger partial charge in [-0.15, -0.1) is 10.2 Å². The van der Waals surface area contributed by atoms with Crippen molar-refractivity contribution in [2.45, 2.75) is 6.54 Å². The summed E-state index contributed by atoms with van der Waals surface area (Å²) in [5.74, 6) is 1.20. The number of aromatic nitrogens is 4. The van der Waals surface area contributed by atoms with Gasteiger partial charge in [-0.05, 0) is 12.1 Å². The molecule has 17 heavy (non-hydrogen) atoms. The topological polar surface area (TPSA) is 76.7 Å². The Morgan fingerprint density at radius 2 is 1.94 bits per heavy atom. The Kier molecular flexibility index (Phi) is 2.38. The number of hydrogen-bond donors (Lipinski definition) is 1. The third kappa shape index (κ3) is 2.05. The van der Waals surface area contributed by atoms with E-state index >= 15 is 0 Å². The van der Waals surface area contributed by atoms with Crippen LogP contribution in [0.25, 0.3) is 11.0 Å². The average Bonchev–Trinajstić information content (AvgIpc) is 2.89. The lowest BCUT2D eigenvalue weighted by Gasteiger charge is -2.01. The fourth-order valence-corrected chi connectivity index (χ4v) is 1.46. The highest BCUT2D eigenvalue weighted by Gasteiger charge is 2.02. The first-order valence-electron chi connectivity index (χ1n) is 5.15. The van der Waals surface area contributed by atoms with Crippen LogP contribution >= 0.6 is 0 Å². The van der Waals surface area contributed by atoms with E-state index in [1.54, 1.807) is 12.3 Å². The van der Waals surface area contributed by atoms with E-state index in [0.29, 0.717) is 12.5 Å². The second-order valence-electron chi connectivity index (χ2n) is 3.46. The molecule has 0 bridgehead atoms. The van der Waals surface area contributed by atoms with Gasteiger partial charge in [0.05, 0.1) is 18.3 Å². The summed E-state index contributed by atoms with van der Waals surface area (Å²) in [6.45, 7) is 0.486. The number of fused-ring (bicyclic) bond motifs is 1. The number of benzene rings is 1. The molecule has 2 aromatic heterocycles. The summed E-state index contributed by atoms with van der Waals surface area (Å²) in [5, 5.41) is 14.7. The predicted octanol–water partition coefficient (Wildman–Crippen LogP) is 1.62. The highest BCUT2D eigenvalue weighted by Crippen LogP contribution is 2.09. The summed E-state index contributed by atoms with van der Waals surface area (Å²) in [4.78, 5) is 4.33. The van der Waals surface area contributed by atoms with Gasteiger partial charge in [0.2, 0.25) is 5.95 Å². The van der Waals surface area contributed by atoms with Gasteiger partial charge in [0.1, 0.15) is 5.52 Å². The molecule has 0 aliphatic carbocycles. The van der Waals surface area contributed by atoms with Crippen molar-refractivity contribution >= 4 is 17.0 Å². The number of para-hydroxylation sites is 1. The van der Waals surface area contributed by atoms with Crippen molar-refractivity contribution in [3.63, 3.8) is 0 Å². The SMILES string of the molecule is c1ccc2nc(NCc3ccno3)nnc2c1. The summed E-state index contributed by atoms with van der Waals surface area (Å²) < 4.78 is 4.95. The van der Waals surface area contributed by atoms with Crippen LogP contribution in [0.4, 0.5) is 5.95 Å². The van der Waals surface area contributed by atoms with E-state index in [4.69, 9.17) is 4.52 Å². The van der Waals surface area contributed by atoms with Gasteiger partial charge in [-0.25, -0.2) is 4.98 Å². The Hall–Kier alpha value is -2.50. The molecular weight excluding hydrogens is 218 g/mol. The van der Waals surface area contributed by atoms with Crippen LogP contribution in [0.2, 0.25) is 0 Å². The van der Waals surface area contributed by atoms with Gasteiger partial charge < -0.3 is 9.84 Å². The van der Waals surface area contributed by atoms with Crippen LogP contribution < -0.4 is 5.32 Å². The molecule has 6 heteroatoms. The van der Waals surface area contributed by atoms with Crippen LogP contribution in [-0.4, -0.2) is 20.3 Å². The van der Waals surface area contributed by atoms with Crippen molar-refractivity contribution in [2.75, 3.05) is 5.32 Å². The molecule has 1 aromatic carbocycles. The molecular formula is C11H9N5O. The molecule has 0 atom stereocenters. The normalized spacial score (nSPS) is 10.6. The molecule has 84 valence electrons. The Morgan fingerprint density at radius 1 is 1.06 bits per heavy atom. The molecule has 1 N–H and O–H groups in total. The molecule has 0 fully saturated rings. The molecule has 6 nitrogen and oxygen atoms in total. The molecule has 0 unspecified atom stereocenters. The Labute approximate surface area is 96.7 Å². The number of rotatable bonds is 3. The highest BCUT2D eigenvalue weighted by atomic mass is 16.5. The van der Waals surface area contributed by atoms with E-state index in [1.165, 1.54) is 0 Å². The van der Waals surface area contributed by atoms with Gasteiger partial charge in [-0.1, -0.05) is 17.3 Å². The maximum atomic E-state index is 4.95. The minimum Gasteiger partial charge on any atom is -0.360 e. The van der Waals surface area contributed by atoms with Gasteiger partial charge in [0, 0.05) is 6.07 Å². The smallest absolute Gasteiger partial charge is 0.243 e. The summed E-state index contributed by atoms with van der Waals surface area (Å²) in [7, 11) is 0. The summed E-state index contributed by atoms with van der Waals surface area (Å²) in [5.41, 5.74) is 1.58. The average molecular weight is 227 g/mol. The lowest BCUT2D eigenvalue weighted by molar-refractivity contribution is 0.387. The van der Waals surface area contributed by atoms with Crippen LogP contribution in [0.1, 0.15) is 5.76 Å². The summed E-state index contributed by atoms with van der Waals surface area (Å²) in [6.07, 6.45) is 1.59.